The summed E-state index contributed by atoms with van der Waals surface area (Å²) < 4.78 is 0. The number of nitrogens with one attached hydrogen (secondary N) is 1. The zero-order chi connectivity index (χ0) is 14.4. The molecule has 20 heavy (non-hydrogen) atoms. The van der Waals surface area contributed by atoms with Crippen LogP contribution in [0.1, 0.15) is 41.6 Å². The maximum absolute atomic E-state index is 4.31. The highest BCUT2D eigenvalue weighted by molar-refractivity contribution is 5.23. The van der Waals surface area contributed by atoms with Crippen LogP contribution in [0.4, 0.5) is 0 Å². The van der Waals surface area contributed by atoms with Gasteiger partial charge in [0.25, 0.3) is 0 Å². The molecule has 0 aliphatic carbocycles. The first-order valence-electron chi connectivity index (χ1n) is 7.39. The molecule has 0 amide bonds. The molecule has 2 nitrogen and oxygen atoms in total. The van der Waals surface area contributed by atoms with Crippen molar-refractivity contribution >= 4 is 0 Å². The maximum Gasteiger partial charge on any atom is 0.0338 e. The van der Waals surface area contributed by atoms with Crippen LogP contribution in [0.5, 0.6) is 0 Å². The molecule has 1 aromatic heterocycles. The first-order chi connectivity index (χ1) is 9.69. The Labute approximate surface area is 122 Å². The topological polar surface area (TPSA) is 24.9 Å². The Morgan fingerprint density at radius 3 is 2.45 bits per heavy atom. The predicted octanol–water partition coefficient (Wildman–Crippen LogP) is 3.98. The van der Waals surface area contributed by atoms with Crippen LogP contribution in [0.3, 0.4) is 0 Å². The molecule has 0 fully saturated rings. The first kappa shape index (κ1) is 14.7. The van der Waals surface area contributed by atoms with Gasteiger partial charge in [0.1, 0.15) is 0 Å². The van der Waals surface area contributed by atoms with E-state index in [2.05, 4.69) is 61.4 Å². The molecule has 1 heterocycles. The maximum atomic E-state index is 4.31. The van der Waals surface area contributed by atoms with Crippen molar-refractivity contribution in [2.24, 2.45) is 0 Å². The van der Waals surface area contributed by atoms with Crippen molar-refractivity contribution < 1.29 is 0 Å². The van der Waals surface area contributed by atoms with E-state index in [1.54, 1.807) is 0 Å². The fourth-order valence-corrected chi connectivity index (χ4v) is 2.47. The van der Waals surface area contributed by atoms with Crippen molar-refractivity contribution in [1.29, 1.82) is 0 Å². The third kappa shape index (κ3) is 4.17. The summed E-state index contributed by atoms with van der Waals surface area (Å²) >= 11 is 0. The highest BCUT2D eigenvalue weighted by Gasteiger charge is 2.10. The minimum Gasteiger partial charge on any atom is -0.310 e. The SMILES string of the molecule is CCNC(CCc1ccc(C)cc1)c1cncc(C)c1. The van der Waals surface area contributed by atoms with Gasteiger partial charge in [0.05, 0.1) is 0 Å². The van der Waals surface area contributed by atoms with E-state index in [1.165, 1.54) is 22.3 Å². The molecule has 0 aliphatic heterocycles. The van der Waals surface area contributed by atoms with E-state index in [0.717, 1.165) is 19.4 Å². The normalized spacial score (nSPS) is 12.3. The summed E-state index contributed by atoms with van der Waals surface area (Å²) in [5.41, 5.74) is 5.23. The summed E-state index contributed by atoms with van der Waals surface area (Å²) in [6.07, 6.45) is 6.08. The molecule has 2 aromatic rings. The lowest BCUT2D eigenvalue weighted by molar-refractivity contribution is 0.514. The minimum atomic E-state index is 0.383. The van der Waals surface area contributed by atoms with Crippen LogP contribution < -0.4 is 5.32 Å². The Balaban J connectivity index is 2.04. The van der Waals surface area contributed by atoms with Gasteiger partial charge in [0.15, 0.2) is 0 Å². The lowest BCUT2D eigenvalue weighted by Gasteiger charge is -2.18. The predicted molar refractivity (Wildman–Crippen MR) is 84.9 cm³/mol. The van der Waals surface area contributed by atoms with E-state index in [9.17, 15) is 0 Å². The van der Waals surface area contributed by atoms with Crippen LogP contribution in [0.25, 0.3) is 0 Å². The van der Waals surface area contributed by atoms with Crippen molar-refractivity contribution in [3.63, 3.8) is 0 Å². The fourth-order valence-electron chi connectivity index (χ4n) is 2.47. The fraction of sp³-hybridized carbons (Fsp3) is 0.389. The summed E-state index contributed by atoms with van der Waals surface area (Å²) in [6.45, 7) is 7.36. The van der Waals surface area contributed by atoms with Crippen LogP contribution >= 0.6 is 0 Å². The summed E-state index contributed by atoms with van der Waals surface area (Å²) in [5.74, 6) is 0. The Hall–Kier alpha value is -1.67. The van der Waals surface area contributed by atoms with Gasteiger partial charge >= 0.3 is 0 Å². The summed E-state index contributed by atoms with van der Waals surface area (Å²) in [4.78, 5) is 4.31. The van der Waals surface area contributed by atoms with Crippen LogP contribution in [0.2, 0.25) is 0 Å². The Morgan fingerprint density at radius 2 is 1.80 bits per heavy atom. The molecule has 1 atom stereocenters. The Morgan fingerprint density at radius 1 is 1.05 bits per heavy atom. The highest BCUT2D eigenvalue weighted by Crippen LogP contribution is 2.19. The number of rotatable bonds is 6. The van der Waals surface area contributed by atoms with Crippen molar-refractivity contribution in [3.8, 4) is 0 Å². The van der Waals surface area contributed by atoms with E-state index in [-0.39, 0.29) is 0 Å². The van der Waals surface area contributed by atoms with Crippen molar-refractivity contribution in [1.82, 2.24) is 10.3 Å². The molecule has 2 rings (SSSR count). The van der Waals surface area contributed by atoms with Gasteiger partial charge in [-0.2, -0.15) is 0 Å². The Bertz CT molecular complexity index is 531. The third-order valence-corrected chi connectivity index (χ3v) is 3.59. The molecular weight excluding hydrogens is 244 g/mol. The number of hydrogen-bond donors (Lipinski definition) is 1. The molecule has 0 bridgehead atoms. The molecule has 1 unspecified atom stereocenters. The molecule has 0 saturated heterocycles. The van der Waals surface area contributed by atoms with Gasteiger partial charge in [0.2, 0.25) is 0 Å². The molecule has 0 saturated carbocycles. The van der Waals surface area contributed by atoms with Crippen LogP contribution in [-0.4, -0.2) is 11.5 Å². The summed E-state index contributed by atoms with van der Waals surface area (Å²) in [7, 11) is 0. The summed E-state index contributed by atoms with van der Waals surface area (Å²) in [5, 5.41) is 3.57. The van der Waals surface area contributed by atoms with E-state index in [1.807, 2.05) is 12.4 Å². The van der Waals surface area contributed by atoms with Crippen molar-refractivity contribution in [2.75, 3.05) is 6.54 Å². The number of aryl methyl sites for hydroxylation is 3. The quantitative estimate of drug-likeness (QED) is 0.857. The van der Waals surface area contributed by atoms with Crippen LogP contribution in [0.15, 0.2) is 42.7 Å². The standard InChI is InChI=1S/C18H24N2/c1-4-20-18(17-11-15(3)12-19-13-17)10-9-16-7-5-14(2)6-8-16/h5-8,11-13,18,20H,4,9-10H2,1-3H3. The van der Waals surface area contributed by atoms with Gasteiger partial charge in [-0.3, -0.25) is 4.98 Å². The number of pyridine rings is 1. The zero-order valence-corrected chi connectivity index (χ0v) is 12.7. The first-order valence-corrected chi connectivity index (χ1v) is 7.39. The second-order valence-corrected chi connectivity index (χ2v) is 5.43. The Kier molecular flexibility index (Phi) is 5.31. The molecule has 0 aliphatic rings. The molecule has 0 spiro atoms. The van der Waals surface area contributed by atoms with E-state index >= 15 is 0 Å². The monoisotopic (exact) mass is 268 g/mol. The molecule has 106 valence electrons. The number of aromatic nitrogens is 1. The second kappa shape index (κ2) is 7.20. The molecule has 0 radical (unpaired) electrons. The van der Waals surface area contributed by atoms with Crippen LogP contribution in [-0.2, 0) is 6.42 Å². The van der Waals surface area contributed by atoms with Gasteiger partial charge in [0, 0.05) is 18.4 Å². The second-order valence-electron chi connectivity index (χ2n) is 5.43. The van der Waals surface area contributed by atoms with Crippen molar-refractivity contribution in [3.05, 3.63) is 65.0 Å². The van der Waals surface area contributed by atoms with Gasteiger partial charge < -0.3 is 5.32 Å². The largest absolute Gasteiger partial charge is 0.310 e. The number of benzene rings is 1. The minimum absolute atomic E-state index is 0.383. The average molecular weight is 268 g/mol. The van der Waals surface area contributed by atoms with E-state index < -0.39 is 0 Å². The lowest BCUT2D eigenvalue weighted by Crippen LogP contribution is -2.21. The number of nitrogens with zero attached hydrogens (tertiary/aromatic N) is 1. The summed E-state index contributed by atoms with van der Waals surface area (Å²) in [6, 6.07) is 11.4. The highest BCUT2D eigenvalue weighted by atomic mass is 14.9. The third-order valence-electron chi connectivity index (χ3n) is 3.59. The molecule has 1 N–H and O–H groups in total. The van der Waals surface area contributed by atoms with Gasteiger partial charge in [-0.15, -0.1) is 0 Å². The van der Waals surface area contributed by atoms with Crippen LogP contribution in [0, 0.1) is 13.8 Å². The molecular formula is C18H24N2. The van der Waals surface area contributed by atoms with Gasteiger partial charge in [-0.05, 0) is 49.9 Å². The van der Waals surface area contributed by atoms with Gasteiger partial charge in [-0.1, -0.05) is 42.8 Å². The van der Waals surface area contributed by atoms with Crippen molar-refractivity contribution in [2.45, 2.75) is 39.7 Å². The van der Waals surface area contributed by atoms with E-state index in [4.69, 9.17) is 0 Å². The molecule has 2 heteroatoms. The smallest absolute Gasteiger partial charge is 0.0338 e. The zero-order valence-electron chi connectivity index (χ0n) is 12.7. The van der Waals surface area contributed by atoms with Gasteiger partial charge in [-0.25, -0.2) is 0 Å². The average Bonchev–Trinajstić information content (AvgIpc) is 2.45. The lowest BCUT2D eigenvalue weighted by atomic mass is 9.99. The molecule has 1 aromatic carbocycles. The number of hydrogen-bond acceptors (Lipinski definition) is 2. The van der Waals surface area contributed by atoms with E-state index in [0.29, 0.717) is 6.04 Å².